The van der Waals surface area contributed by atoms with Crippen LogP contribution in [-0.2, 0) is 4.74 Å². The highest BCUT2D eigenvalue weighted by atomic mass is 19.1. The van der Waals surface area contributed by atoms with Gasteiger partial charge < -0.3 is 9.64 Å². The van der Waals surface area contributed by atoms with Crippen LogP contribution in [0.2, 0.25) is 0 Å². The fraction of sp³-hybridized carbons (Fsp3) is 0.500. The minimum absolute atomic E-state index is 0.199. The van der Waals surface area contributed by atoms with E-state index in [1.54, 1.807) is 12.1 Å². The van der Waals surface area contributed by atoms with Crippen LogP contribution >= 0.6 is 0 Å². The Morgan fingerprint density at radius 2 is 1.89 bits per heavy atom. The Labute approximate surface area is 114 Å². The zero-order chi connectivity index (χ0) is 13.3. The van der Waals surface area contributed by atoms with Gasteiger partial charge in [0.1, 0.15) is 5.82 Å². The second-order valence-corrected chi connectivity index (χ2v) is 4.93. The Kier molecular flexibility index (Phi) is 6.05. The number of ether oxygens (including phenoxy) is 1. The van der Waals surface area contributed by atoms with Crippen LogP contribution < -0.4 is 0 Å². The predicted molar refractivity (Wildman–Crippen MR) is 76.5 cm³/mol. The summed E-state index contributed by atoms with van der Waals surface area (Å²) in [5.74, 6) is -0.199. The van der Waals surface area contributed by atoms with Crippen LogP contribution in [0, 0.1) is 5.82 Å². The lowest BCUT2D eigenvalue weighted by Crippen LogP contribution is -2.21. The average molecular weight is 263 g/mol. The summed E-state index contributed by atoms with van der Waals surface area (Å²) in [4.78, 5) is 2.50. The van der Waals surface area contributed by atoms with E-state index in [0.717, 1.165) is 25.1 Å². The minimum atomic E-state index is -0.199. The van der Waals surface area contributed by atoms with Gasteiger partial charge in [-0.15, -0.1) is 0 Å². The lowest BCUT2D eigenvalue weighted by atomic mass is 10.2. The molecule has 0 saturated carbocycles. The Morgan fingerprint density at radius 3 is 2.63 bits per heavy atom. The third-order valence-electron chi connectivity index (χ3n) is 3.36. The zero-order valence-electron chi connectivity index (χ0n) is 11.4. The summed E-state index contributed by atoms with van der Waals surface area (Å²) in [7, 11) is 0. The lowest BCUT2D eigenvalue weighted by Gasteiger charge is -2.13. The Hall–Kier alpha value is -1.19. The second kappa shape index (κ2) is 8.08. The number of likely N-dealkylation sites (tertiary alicyclic amines) is 1. The molecule has 0 bridgehead atoms. The van der Waals surface area contributed by atoms with Gasteiger partial charge in [-0.05, 0) is 50.0 Å². The molecule has 1 aliphatic heterocycles. The summed E-state index contributed by atoms with van der Waals surface area (Å²) in [5, 5.41) is 0. The van der Waals surface area contributed by atoms with E-state index in [4.69, 9.17) is 4.74 Å². The molecule has 1 heterocycles. The largest absolute Gasteiger partial charge is 0.377 e. The van der Waals surface area contributed by atoms with Crippen LogP contribution in [0.5, 0.6) is 0 Å². The van der Waals surface area contributed by atoms with E-state index in [2.05, 4.69) is 4.90 Å². The molecule has 1 aromatic rings. The van der Waals surface area contributed by atoms with Crippen molar-refractivity contribution in [3.8, 4) is 0 Å². The van der Waals surface area contributed by atoms with Gasteiger partial charge in [0.05, 0.1) is 6.61 Å². The monoisotopic (exact) mass is 263 g/mol. The van der Waals surface area contributed by atoms with Crippen molar-refractivity contribution in [2.75, 3.05) is 32.8 Å². The summed E-state index contributed by atoms with van der Waals surface area (Å²) < 4.78 is 18.2. The van der Waals surface area contributed by atoms with E-state index in [0.29, 0.717) is 6.61 Å². The molecule has 1 saturated heterocycles. The Balaban J connectivity index is 1.52. The first-order chi connectivity index (χ1) is 9.34. The molecule has 1 fully saturated rings. The van der Waals surface area contributed by atoms with Gasteiger partial charge in [0.25, 0.3) is 0 Å². The lowest BCUT2D eigenvalue weighted by molar-refractivity contribution is 0.149. The van der Waals surface area contributed by atoms with Gasteiger partial charge in [0.15, 0.2) is 0 Å². The number of nitrogens with zero attached hydrogens (tertiary/aromatic N) is 1. The predicted octanol–water partition coefficient (Wildman–Crippen LogP) is 3.34. The molecule has 1 aromatic carbocycles. The third-order valence-corrected chi connectivity index (χ3v) is 3.36. The minimum Gasteiger partial charge on any atom is -0.377 e. The smallest absolute Gasteiger partial charge is 0.123 e. The van der Waals surface area contributed by atoms with Crippen molar-refractivity contribution in [3.05, 3.63) is 41.7 Å². The first-order valence-corrected chi connectivity index (χ1v) is 7.07. The molecule has 0 spiro atoms. The topological polar surface area (TPSA) is 12.5 Å². The van der Waals surface area contributed by atoms with Crippen LogP contribution in [0.1, 0.15) is 24.8 Å². The van der Waals surface area contributed by atoms with Crippen LogP contribution in [0.15, 0.2) is 30.3 Å². The number of benzene rings is 1. The Bertz CT molecular complexity index is 382. The standard InChI is InChI=1S/C16H22FNO/c17-16-8-6-15(7-9-16)5-3-13-19-14-4-12-18-10-1-2-11-18/h3,5-9H,1-2,4,10-14H2. The van der Waals surface area contributed by atoms with Crippen molar-refractivity contribution in [1.29, 1.82) is 0 Å². The molecule has 0 unspecified atom stereocenters. The maximum atomic E-state index is 12.7. The van der Waals surface area contributed by atoms with Crippen LogP contribution in [-0.4, -0.2) is 37.7 Å². The molecular weight excluding hydrogens is 241 g/mol. The normalized spacial score (nSPS) is 16.5. The van der Waals surface area contributed by atoms with Crippen molar-refractivity contribution < 1.29 is 9.13 Å². The van der Waals surface area contributed by atoms with E-state index >= 15 is 0 Å². The summed E-state index contributed by atoms with van der Waals surface area (Å²) in [6.07, 6.45) is 7.73. The molecule has 2 nitrogen and oxygen atoms in total. The molecule has 104 valence electrons. The molecule has 0 radical (unpaired) electrons. The fourth-order valence-corrected chi connectivity index (χ4v) is 2.31. The molecule has 1 aliphatic rings. The maximum Gasteiger partial charge on any atom is 0.123 e. The number of halogens is 1. The highest BCUT2D eigenvalue weighted by Crippen LogP contribution is 2.07. The highest BCUT2D eigenvalue weighted by molar-refractivity contribution is 5.48. The molecule has 0 aromatic heterocycles. The first-order valence-electron chi connectivity index (χ1n) is 7.07. The maximum absolute atomic E-state index is 12.7. The number of hydrogen-bond donors (Lipinski definition) is 0. The molecule has 0 atom stereocenters. The number of rotatable bonds is 7. The first kappa shape index (κ1) is 14.2. The van der Waals surface area contributed by atoms with Gasteiger partial charge in [0, 0.05) is 13.2 Å². The quantitative estimate of drug-likeness (QED) is 0.700. The average Bonchev–Trinajstić information content (AvgIpc) is 2.93. The summed E-state index contributed by atoms with van der Waals surface area (Å²) in [6, 6.07) is 6.46. The van der Waals surface area contributed by atoms with Gasteiger partial charge in [-0.2, -0.15) is 0 Å². The van der Waals surface area contributed by atoms with Crippen molar-refractivity contribution in [2.45, 2.75) is 19.3 Å². The molecule has 0 aliphatic carbocycles. The van der Waals surface area contributed by atoms with Crippen molar-refractivity contribution in [1.82, 2.24) is 4.90 Å². The van der Waals surface area contributed by atoms with E-state index in [-0.39, 0.29) is 5.82 Å². The van der Waals surface area contributed by atoms with E-state index in [9.17, 15) is 4.39 Å². The number of hydrogen-bond acceptors (Lipinski definition) is 2. The van der Waals surface area contributed by atoms with Gasteiger partial charge in [-0.25, -0.2) is 4.39 Å². The second-order valence-electron chi connectivity index (χ2n) is 4.93. The van der Waals surface area contributed by atoms with Crippen LogP contribution in [0.25, 0.3) is 6.08 Å². The highest BCUT2D eigenvalue weighted by Gasteiger charge is 2.09. The van der Waals surface area contributed by atoms with Crippen LogP contribution in [0.4, 0.5) is 4.39 Å². The molecule has 0 N–H and O–H groups in total. The van der Waals surface area contributed by atoms with E-state index < -0.39 is 0 Å². The molecule has 3 heteroatoms. The van der Waals surface area contributed by atoms with Crippen molar-refractivity contribution in [3.63, 3.8) is 0 Å². The van der Waals surface area contributed by atoms with Gasteiger partial charge in [-0.3, -0.25) is 0 Å². The molecular formula is C16H22FNO. The van der Waals surface area contributed by atoms with Crippen LogP contribution in [0.3, 0.4) is 0 Å². The molecule has 2 rings (SSSR count). The third kappa shape index (κ3) is 5.53. The Morgan fingerprint density at radius 1 is 1.16 bits per heavy atom. The van der Waals surface area contributed by atoms with Crippen molar-refractivity contribution in [2.24, 2.45) is 0 Å². The SMILES string of the molecule is Fc1ccc(C=CCOCCCN2CCCC2)cc1. The fourth-order valence-electron chi connectivity index (χ4n) is 2.31. The van der Waals surface area contributed by atoms with Gasteiger partial charge in [0.2, 0.25) is 0 Å². The summed E-state index contributed by atoms with van der Waals surface area (Å²) in [5.41, 5.74) is 1.00. The molecule has 19 heavy (non-hydrogen) atoms. The van der Waals surface area contributed by atoms with E-state index in [1.165, 1.54) is 38.1 Å². The van der Waals surface area contributed by atoms with Gasteiger partial charge in [-0.1, -0.05) is 24.3 Å². The van der Waals surface area contributed by atoms with Crippen molar-refractivity contribution >= 4 is 6.08 Å². The van der Waals surface area contributed by atoms with E-state index in [1.807, 2.05) is 12.2 Å². The summed E-state index contributed by atoms with van der Waals surface area (Å²) in [6.45, 7) is 5.10. The molecule has 0 amide bonds. The zero-order valence-corrected chi connectivity index (χ0v) is 11.4. The summed E-state index contributed by atoms with van der Waals surface area (Å²) >= 11 is 0. The van der Waals surface area contributed by atoms with Gasteiger partial charge >= 0.3 is 0 Å².